The summed E-state index contributed by atoms with van der Waals surface area (Å²) in [5, 5.41) is 7.70. The van der Waals surface area contributed by atoms with Crippen LogP contribution < -0.4 is 5.32 Å². The first-order valence-corrected chi connectivity index (χ1v) is 9.31. The second-order valence-electron chi connectivity index (χ2n) is 7.01. The Kier molecular flexibility index (Phi) is 5.01. The molecule has 5 heteroatoms. The summed E-state index contributed by atoms with van der Waals surface area (Å²) in [7, 11) is 0. The Hall–Kier alpha value is -2.95. The van der Waals surface area contributed by atoms with Crippen molar-refractivity contribution in [3.05, 3.63) is 89.0 Å². The van der Waals surface area contributed by atoms with Crippen LogP contribution in [0.25, 0.3) is 0 Å². The lowest BCUT2D eigenvalue weighted by atomic mass is 9.92. The average Bonchev–Trinajstić information content (AvgIpc) is 3.08. The van der Waals surface area contributed by atoms with Crippen LogP contribution in [0.2, 0.25) is 0 Å². The van der Waals surface area contributed by atoms with E-state index in [9.17, 15) is 9.18 Å². The molecule has 0 fully saturated rings. The van der Waals surface area contributed by atoms with Gasteiger partial charge >= 0.3 is 0 Å². The van der Waals surface area contributed by atoms with Crippen molar-refractivity contribution in [2.75, 3.05) is 0 Å². The van der Waals surface area contributed by atoms with Crippen LogP contribution in [-0.4, -0.2) is 15.7 Å². The molecule has 1 aliphatic rings. The zero-order chi connectivity index (χ0) is 18.6. The van der Waals surface area contributed by atoms with Crippen molar-refractivity contribution in [1.82, 2.24) is 15.1 Å². The van der Waals surface area contributed by atoms with E-state index >= 15 is 0 Å². The summed E-state index contributed by atoms with van der Waals surface area (Å²) in [6, 6.07) is 16.3. The van der Waals surface area contributed by atoms with Crippen LogP contribution in [0.5, 0.6) is 0 Å². The molecule has 2 aromatic carbocycles. The van der Waals surface area contributed by atoms with Crippen LogP contribution >= 0.6 is 0 Å². The van der Waals surface area contributed by atoms with Gasteiger partial charge in [-0.3, -0.25) is 9.48 Å². The van der Waals surface area contributed by atoms with Gasteiger partial charge in [0.15, 0.2) is 0 Å². The van der Waals surface area contributed by atoms with Crippen LogP contribution in [0.1, 0.15) is 41.3 Å². The number of hydrogen-bond donors (Lipinski definition) is 1. The molecule has 27 heavy (non-hydrogen) atoms. The molecule has 0 radical (unpaired) electrons. The van der Waals surface area contributed by atoms with Crippen molar-refractivity contribution in [2.24, 2.45) is 0 Å². The van der Waals surface area contributed by atoms with E-state index in [2.05, 4.69) is 22.5 Å². The summed E-state index contributed by atoms with van der Waals surface area (Å²) >= 11 is 0. The summed E-state index contributed by atoms with van der Waals surface area (Å²) in [5.41, 5.74) is 4.34. The van der Waals surface area contributed by atoms with Gasteiger partial charge in [0.05, 0.1) is 25.2 Å². The van der Waals surface area contributed by atoms with E-state index in [1.165, 1.54) is 23.4 Å². The van der Waals surface area contributed by atoms with Crippen LogP contribution in [-0.2, 0) is 24.2 Å². The van der Waals surface area contributed by atoms with Crippen molar-refractivity contribution >= 4 is 5.91 Å². The highest BCUT2D eigenvalue weighted by Crippen LogP contribution is 2.30. The molecule has 0 bridgehead atoms. The van der Waals surface area contributed by atoms with E-state index in [-0.39, 0.29) is 24.2 Å². The molecule has 138 valence electrons. The van der Waals surface area contributed by atoms with Crippen molar-refractivity contribution in [2.45, 2.75) is 38.3 Å². The minimum absolute atomic E-state index is 0.00813. The third kappa shape index (κ3) is 4.08. The highest BCUT2D eigenvalue weighted by Gasteiger charge is 2.25. The number of fused-ring (bicyclic) bond motifs is 1. The van der Waals surface area contributed by atoms with E-state index in [0.717, 1.165) is 36.9 Å². The molecule has 1 heterocycles. The predicted molar refractivity (Wildman–Crippen MR) is 102 cm³/mol. The van der Waals surface area contributed by atoms with Crippen molar-refractivity contribution in [3.8, 4) is 0 Å². The van der Waals surface area contributed by atoms with Crippen LogP contribution in [0.3, 0.4) is 0 Å². The van der Waals surface area contributed by atoms with Gasteiger partial charge in [0.1, 0.15) is 5.82 Å². The van der Waals surface area contributed by atoms with Gasteiger partial charge < -0.3 is 5.32 Å². The maximum atomic E-state index is 13.0. The maximum Gasteiger partial charge on any atom is 0.224 e. The first kappa shape index (κ1) is 17.5. The normalized spacial score (nSPS) is 16.0. The fourth-order valence-electron chi connectivity index (χ4n) is 3.69. The van der Waals surface area contributed by atoms with E-state index in [4.69, 9.17) is 0 Å². The molecule has 4 rings (SSSR count). The smallest absolute Gasteiger partial charge is 0.224 e. The number of rotatable bonds is 5. The van der Waals surface area contributed by atoms with Crippen molar-refractivity contribution in [3.63, 3.8) is 0 Å². The molecule has 0 saturated carbocycles. The Morgan fingerprint density at radius 1 is 1.11 bits per heavy atom. The number of nitrogens with zero attached hydrogens (tertiary/aromatic N) is 2. The minimum Gasteiger partial charge on any atom is -0.349 e. The van der Waals surface area contributed by atoms with Crippen molar-refractivity contribution < 1.29 is 9.18 Å². The van der Waals surface area contributed by atoms with E-state index in [0.29, 0.717) is 0 Å². The van der Waals surface area contributed by atoms with Crippen LogP contribution in [0.4, 0.5) is 4.39 Å². The first-order valence-electron chi connectivity index (χ1n) is 9.31. The molecule has 3 aromatic rings. The number of nitrogens with one attached hydrogen (secondary N) is 1. The lowest BCUT2D eigenvalue weighted by Crippen LogP contribution is -2.32. The fraction of sp³-hybridized carbons (Fsp3) is 0.273. The molecule has 1 aromatic heterocycles. The third-order valence-corrected chi connectivity index (χ3v) is 5.05. The predicted octanol–water partition coefficient (Wildman–Crippen LogP) is 3.81. The molecule has 0 saturated heterocycles. The molecular weight excluding hydrogens is 341 g/mol. The van der Waals surface area contributed by atoms with Gasteiger partial charge in [0.2, 0.25) is 5.91 Å². The summed E-state index contributed by atoms with van der Waals surface area (Å²) in [4.78, 5) is 12.4. The standard InChI is InChI=1S/C22H22FN3O/c23-18-11-9-16(10-12-18)13-22(27)25-20-7-4-8-21-19(20)14-24-26(21)15-17-5-2-1-3-6-17/h1-3,5-6,9-12,14,20H,4,7-8,13,15H2,(H,25,27)/t20-/m0/s1. The molecule has 1 N–H and O–H groups in total. The molecule has 1 atom stereocenters. The van der Waals surface area contributed by atoms with Gasteiger partial charge in [0.25, 0.3) is 0 Å². The van der Waals surface area contributed by atoms with Crippen LogP contribution in [0.15, 0.2) is 60.8 Å². The maximum absolute atomic E-state index is 13.0. The lowest BCUT2D eigenvalue weighted by Gasteiger charge is -2.24. The van der Waals surface area contributed by atoms with Gasteiger partial charge in [-0.05, 0) is 42.5 Å². The monoisotopic (exact) mass is 363 g/mol. The quantitative estimate of drug-likeness (QED) is 0.749. The SMILES string of the molecule is O=C(Cc1ccc(F)cc1)N[C@H]1CCCc2c1cnn2Cc1ccccc1. The number of carbonyl (C=O) groups excluding carboxylic acids is 1. The van der Waals surface area contributed by atoms with E-state index in [1.54, 1.807) is 12.1 Å². The van der Waals surface area contributed by atoms with Gasteiger partial charge in [-0.15, -0.1) is 0 Å². The molecule has 0 unspecified atom stereocenters. The number of amides is 1. The lowest BCUT2D eigenvalue weighted by molar-refractivity contribution is -0.121. The molecule has 1 aliphatic carbocycles. The van der Waals surface area contributed by atoms with Gasteiger partial charge in [-0.2, -0.15) is 5.10 Å². The molecule has 4 nitrogen and oxygen atoms in total. The van der Waals surface area contributed by atoms with Gasteiger partial charge in [0, 0.05) is 11.3 Å². The second-order valence-corrected chi connectivity index (χ2v) is 7.01. The zero-order valence-electron chi connectivity index (χ0n) is 15.1. The molecule has 0 aliphatic heterocycles. The number of benzene rings is 2. The number of halogens is 1. The van der Waals surface area contributed by atoms with Gasteiger partial charge in [-0.1, -0.05) is 42.5 Å². The molecule has 1 amide bonds. The number of hydrogen-bond acceptors (Lipinski definition) is 2. The fourth-order valence-corrected chi connectivity index (χ4v) is 3.69. The summed E-state index contributed by atoms with van der Waals surface area (Å²) in [5.74, 6) is -0.336. The Bertz CT molecular complexity index is 918. The Morgan fingerprint density at radius 2 is 1.89 bits per heavy atom. The summed E-state index contributed by atoms with van der Waals surface area (Å²) in [6.45, 7) is 0.742. The zero-order valence-corrected chi connectivity index (χ0v) is 15.1. The second kappa shape index (κ2) is 7.74. The molecular formula is C22H22FN3O. The molecule has 0 spiro atoms. The Balaban J connectivity index is 1.45. The highest BCUT2D eigenvalue weighted by molar-refractivity contribution is 5.79. The minimum atomic E-state index is -0.290. The highest BCUT2D eigenvalue weighted by atomic mass is 19.1. The van der Waals surface area contributed by atoms with E-state index < -0.39 is 0 Å². The van der Waals surface area contributed by atoms with Crippen molar-refractivity contribution in [1.29, 1.82) is 0 Å². The van der Waals surface area contributed by atoms with Crippen LogP contribution in [0, 0.1) is 5.82 Å². The Labute approximate surface area is 158 Å². The largest absolute Gasteiger partial charge is 0.349 e. The first-order chi connectivity index (χ1) is 13.2. The average molecular weight is 363 g/mol. The van der Waals surface area contributed by atoms with Gasteiger partial charge in [-0.25, -0.2) is 4.39 Å². The summed E-state index contributed by atoms with van der Waals surface area (Å²) in [6.07, 6.45) is 5.06. The summed E-state index contributed by atoms with van der Waals surface area (Å²) < 4.78 is 15.1. The topological polar surface area (TPSA) is 46.9 Å². The third-order valence-electron chi connectivity index (χ3n) is 5.05. The Morgan fingerprint density at radius 3 is 2.67 bits per heavy atom. The number of carbonyl (C=O) groups is 1. The number of aromatic nitrogens is 2. The van der Waals surface area contributed by atoms with E-state index in [1.807, 2.05) is 29.1 Å².